The van der Waals surface area contributed by atoms with Gasteiger partial charge in [0.15, 0.2) is 12.1 Å². The Balaban J connectivity index is 1.10. The molecule has 5 saturated carbocycles. The van der Waals surface area contributed by atoms with Crippen LogP contribution in [0.1, 0.15) is 99.8 Å². The predicted octanol–water partition coefficient (Wildman–Crippen LogP) is 3.12. The normalized spacial score (nSPS) is 62.2. The lowest BCUT2D eigenvalue weighted by Crippen LogP contribution is -2.61. The first-order chi connectivity index (χ1) is 20.4. The van der Waals surface area contributed by atoms with E-state index < -0.39 is 48.2 Å². The van der Waals surface area contributed by atoms with E-state index in [2.05, 4.69) is 34.6 Å². The lowest BCUT2D eigenvalue weighted by Gasteiger charge is -2.63. The summed E-state index contributed by atoms with van der Waals surface area (Å²) in [6.45, 7) is 15.2. The molecule has 9 nitrogen and oxygen atoms in total. The van der Waals surface area contributed by atoms with Crippen molar-refractivity contribution in [1.82, 2.24) is 0 Å². The van der Waals surface area contributed by atoms with Crippen molar-refractivity contribution in [2.24, 2.45) is 50.7 Å². The summed E-state index contributed by atoms with van der Waals surface area (Å²) in [6.07, 6.45) is 2.00. The molecule has 8 fully saturated rings. The maximum Gasteiger partial charge on any atom is 0.199 e. The van der Waals surface area contributed by atoms with Gasteiger partial charge in [0.05, 0.1) is 24.4 Å². The van der Waals surface area contributed by atoms with Crippen LogP contribution in [0.5, 0.6) is 0 Å². The molecular formula is C35H56O9. The van der Waals surface area contributed by atoms with Crippen LogP contribution in [0.15, 0.2) is 0 Å². The molecule has 3 heterocycles. The summed E-state index contributed by atoms with van der Waals surface area (Å²) in [5.74, 6) is 0.108. The van der Waals surface area contributed by atoms with E-state index in [1.54, 1.807) is 13.8 Å². The molecule has 1 unspecified atom stereocenters. The molecule has 5 N–H and O–H groups in total. The third-order valence-corrected chi connectivity index (χ3v) is 15.9. The van der Waals surface area contributed by atoms with E-state index >= 15 is 0 Å². The number of ether oxygens (including phenoxy) is 4. The van der Waals surface area contributed by atoms with Crippen molar-refractivity contribution >= 4 is 0 Å². The van der Waals surface area contributed by atoms with Crippen LogP contribution in [0, 0.1) is 50.7 Å². The third kappa shape index (κ3) is 3.38. The Hall–Kier alpha value is -0.360. The Labute approximate surface area is 262 Å². The number of aliphatic hydroxyl groups is 5. The van der Waals surface area contributed by atoms with Crippen LogP contribution in [0.4, 0.5) is 0 Å². The Morgan fingerprint density at radius 1 is 0.841 bits per heavy atom. The largest absolute Gasteiger partial charge is 0.388 e. The maximum absolute atomic E-state index is 12.7. The first-order valence-electron chi connectivity index (χ1n) is 17.5. The molecule has 2 bridgehead atoms. The van der Waals surface area contributed by atoms with Gasteiger partial charge in [-0.05, 0) is 105 Å². The van der Waals surface area contributed by atoms with Crippen molar-refractivity contribution in [2.75, 3.05) is 6.61 Å². The highest BCUT2D eigenvalue weighted by atomic mass is 16.8. The molecule has 0 amide bonds. The predicted molar refractivity (Wildman–Crippen MR) is 159 cm³/mol. The average Bonchev–Trinajstić information content (AvgIpc) is 3.45. The van der Waals surface area contributed by atoms with Crippen molar-refractivity contribution in [2.45, 2.75) is 160 Å². The van der Waals surface area contributed by atoms with Crippen LogP contribution in [-0.2, 0) is 18.9 Å². The van der Waals surface area contributed by atoms with Crippen LogP contribution >= 0.6 is 0 Å². The van der Waals surface area contributed by atoms with E-state index in [0.717, 1.165) is 44.9 Å². The third-order valence-electron chi connectivity index (χ3n) is 15.9. The topological polar surface area (TPSA) is 138 Å². The molecule has 3 aliphatic heterocycles. The summed E-state index contributed by atoms with van der Waals surface area (Å²) in [4.78, 5) is 0. The minimum absolute atomic E-state index is 0.0559. The molecule has 3 spiro atoms. The van der Waals surface area contributed by atoms with Gasteiger partial charge in [0.2, 0.25) is 0 Å². The van der Waals surface area contributed by atoms with Gasteiger partial charge in [-0.3, -0.25) is 0 Å². The highest BCUT2D eigenvalue weighted by molar-refractivity contribution is 5.34. The van der Waals surface area contributed by atoms with Gasteiger partial charge in [0.1, 0.15) is 30.5 Å². The highest BCUT2D eigenvalue weighted by Crippen LogP contribution is 2.90. The summed E-state index contributed by atoms with van der Waals surface area (Å²) in [5.41, 5.74) is -1.39. The fourth-order valence-electron chi connectivity index (χ4n) is 14.0. The second kappa shape index (κ2) is 9.00. The summed E-state index contributed by atoms with van der Waals surface area (Å²) >= 11 is 0. The van der Waals surface area contributed by atoms with Crippen molar-refractivity contribution < 1.29 is 44.5 Å². The van der Waals surface area contributed by atoms with Gasteiger partial charge in [0, 0.05) is 11.3 Å². The molecule has 3 saturated heterocycles. The Morgan fingerprint density at radius 2 is 1.52 bits per heavy atom. The molecule has 0 aromatic carbocycles. The number of hydrogen-bond donors (Lipinski definition) is 5. The molecule has 5 aliphatic carbocycles. The van der Waals surface area contributed by atoms with Crippen LogP contribution < -0.4 is 0 Å². The van der Waals surface area contributed by atoms with Crippen LogP contribution in [-0.4, -0.2) is 92.5 Å². The van der Waals surface area contributed by atoms with Crippen LogP contribution in [0.2, 0.25) is 0 Å². The minimum Gasteiger partial charge on any atom is -0.388 e. The second-order valence-corrected chi connectivity index (χ2v) is 18.3. The fraction of sp³-hybridized carbons (Fsp3) is 1.00. The van der Waals surface area contributed by atoms with Gasteiger partial charge in [-0.1, -0.05) is 34.6 Å². The van der Waals surface area contributed by atoms with E-state index in [1.165, 1.54) is 6.42 Å². The molecule has 44 heavy (non-hydrogen) atoms. The highest BCUT2D eigenvalue weighted by Gasteiger charge is 2.88. The average molecular weight is 621 g/mol. The Bertz CT molecular complexity index is 1200. The van der Waals surface area contributed by atoms with E-state index in [1.807, 2.05) is 0 Å². The number of fused-ring (bicyclic) bond motifs is 4. The maximum atomic E-state index is 12.7. The van der Waals surface area contributed by atoms with Gasteiger partial charge in [-0.25, -0.2) is 0 Å². The number of rotatable bonds is 3. The molecule has 0 aromatic rings. The van der Waals surface area contributed by atoms with Gasteiger partial charge in [-0.2, -0.15) is 0 Å². The van der Waals surface area contributed by atoms with Crippen molar-refractivity contribution in [1.29, 1.82) is 0 Å². The molecular weight excluding hydrogens is 564 g/mol. The van der Waals surface area contributed by atoms with E-state index in [4.69, 9.17) is 18.9 Å². The van der Waals surface area contributed by atoms with Crippen molar-refractivity contribution in [3.63, 3.8) is 0 Å². The molecule has 17 atom stereocenters. The Morgan fingerprint density at radius 3 is 2.23 bits per heavy atom. The van der Waals surface area contributed by atoms with E-state index in [-0.39, 0.29) is 51.8 Å². The molecule has 8 rings (SSSR count). The summed E-state index contributed by atoms with van der Waals surface area (Å²) in [5, 5.41) is 54.5. The van der Waals surface area contributed by atoms with Gasteiger partial charge < -0.3 is 44.5 Å². The lowest BCUT2D eigenvalue weighted by molar-refractivity contribution is -0.303. The molecule has 9 heteroatoms. The first-order valence-corrected chi connectivity index (χ1v) is 17.5. The van der Waals surface area contributed by atoms with E-state index in [9.17, 15) is 25.5 Å². The standard InChI is InChI=1S/C35H56O9/c1-17-14-19-26(30(4,5)40)44-35(43-19)25(17)31(6)12-13-34-16-33(34)11-10-22(42-27-24(38)23(37)18(36)15-41-27)29(2,3)20(33)8-9-21(34)32(31,7)28(35)39/h17-28,36-40H,8-16H2,1-7H3/t17-,18+,19-,20?,21+,22+,23+,24-,25-,26+,27+,28-,31-,32-,33-,34+,35+/m1/s1. The number of aliphatic hydroxyl groups excluding tert-OH is 4. The zero-order valence-electron chi connectivity index (χ0n) is 27.7. The van der Waals surface area contributed by atoms with Crippen LogP contribution in [0.25, 0.3) is 0 Å². The zero-order chi connectivity index (χ0) is 31.6. The van der Waals surface area contributed by atoms with Gasteiger partial charge >= 0.3 is 0 Å². The van der Waals surface area contributed by atoms with Gasteiger partial charge in [-0.15, -0.1) is 0 Å². The van der Waals surface area contributed by atoms with E-state index in [0.29, 0.717) is 17.8 Å². The lowest BCUT2D eigenvalue weighted by atomic mass is 9.41. The monoisotopic (exact) mass is 620 g/mol. The van der Waals surface area contributed by atoms with Crippen LogP contribution in [0.3, 0.4) is 0 Å². The minimum atomic E-state index is -1.28. The molecule has 250 valence electrons. The van der Waals surface area contributed by atoms with Gasteiger partial charge in [0.25, 0.3) is 0 Å². The van der Waals surface area contributed by atoms with Crippen molar-refractivity contribution in [3.05, 3.63) is 0 Å². The smallest absolute Gasteiger partial charge is 0.199 e. The second-order valence-electron chi connectivity index (χ2n) is 18.3. The number of hydrogen-bond acceptors (Lipinski definition) is 9. The fourth-order valence-corrected chi connectivity index (χ4v) is 14.0. The SMILES string of the molecule is C[C@@H]1C[C@H]2O[C@@]3(O[C@@H]2C(C)(C)O)[C@H](O)[C@@]2(C)[C@@H]4CCC5C(C)(C)[C@@H](O[C@@H]6OC[C@H](O)[C@H](O)[C@H]6O)CC[C@@]56C[C@@]46CC[C@]2(C)[C@@H]13. The molecule has 0 radical (unpaired) electrons. The molecule has 0 aromatic heterocycles. The zero-order valence-corrected chi connectivity index (χ0v) is 27.7. The summed E-state index contributed by atoms with van der Waals surface area (Å²) in [6, 6.07) is 0. The first kappa shape index (κ1) is 30.9. The van der Waals surface area contributed by atoms with Crippen molar-refractivity contribution in [3.8, 4) is 0 Å². The Kier molecular flexibility index (Phi) is 6.33. The molecule has 8 aliphatic rings. The summed E-state index contributed by atoms with van der Waals surface area (Å²) in [7, 11) is 0. The summed E-state index contributed by atoms with van der Waals surface area (Å²) < 4.78 is 25.8. The quantitative estimate of drug-likeness (QED) is 0.301.